The van der Waals surface area contributed by atoms with Crippen LogP contribution in [0, 0.1) is 5.82 Å². The Kier molecular flexibility index (Phi) is 4.07. The van der Waals surface area contributed by atoms with Gasteiger partial charge in [0.25, 0.3) is 11.5 Å². The molecular weight excluding hydrogens is 382 g/mol. The van der Waals surface area contributed by atoms with E-state index in [1.54, 1.807) is 12.3 Å². The fourth-order valence-electron chi connectivity index (χ4n) is 4.12. The van der Waals surface area contributed by atoms with Crippen molar-refractivity contribution in [2.45, 2.75) is 31.6 Å². The van der Waals surface area contributed by atoms with E-state index < -0.39 is 23.5 Å². The number of carbonyl (C=O) groups excluding carboxylic acids is 1. The molecule has 4 bridgehead atoms. The van der Waals surface area contributed by atoms with E-state index in [9.17, 15) is 18.4 Å². The van der Waals surface area contributed by atoms with Crippen LogP contribution in [0.1, 0.15) is 34.8 Å². The normalized spacial score (nSPS) is 21.9. The first-order chi connectivity index (χ1) is 14.0. The average molecular weight is 400 g/mol. The predicted molar refractivity (Wildman–Crippen MR) is 100 cm³/mol. The van der Waals surface area contributed by atoms with Gasteiger partial charge in [-0.25, -0.2) is 18.3 Å². The SMILES string of the molecule is O=C1NC[C@H](F)Cn2cc(F)cc(c2=O)[C@H]2CCCN2c2ccn3ncc1c3n2. The number of nitrogens with zero attached hydrogens (tertiary/aromatic N) is 5. The zero-order chi connectivity index (χ0) is 20.1. The van der Waals surface area contributed by atoms with E-state index in [1.165, 1.54) is 16.8 Å². The van der Waals surface area contributed by atoms with Gasteiger partial charge in [0.2, 0.25) is 0 Å². The number of hydrogen-bond donors (Lipinski definition) is 1. The minimum absolute atomic E-state index is 0.244. The number of amides is 1. The largest absolute Gasteiger partial charge is 0.349 e. The summed E-state index contributed by atoms with van der Waals surface area (Å²) >= 11 is 0. The molecule has 5 heterocycles. The van der Waals surface area contributed by atoms with Gasteiger partial charge in [-0.15, -0.1) is 0 Å². The Bertz CT molecular complexity index is 1170. The van der Waals surface area contributed by atoms with Crippen LogP contribution in [0.25, 0.3) is 5.65 Å². The molecule has 2 aliphatic rings. The second-order valence-electron chi connectivity index (χ2n) is 7.34. The van der Waals surface area contributed by atoms with Crippen molar-refractivity contribution in [2.24, 2.45) is 0 Å². The number of rotatable bonds is 0. The zero-order valence-electron chi connectivity index (χ0n) is 15.4. The third kappa shape index (κ3) is 2.95. The summed E-state index contributed by atoms with van der Waals surface area (Å²) in [4.78, 5) is 32.0. The Labute approximate surface area is 163 Å². The lowest BCUT2D eigenvalue weighted by molar-refractivity contribution is 0.0940. The average Bonchev–Trinajstić information content (AvgIpc) is 3.34. The minimum Gasteiger partial charge on any atom is -0.349 e. The molecule has 0 unspecified atom stereocenters. The second kappa shape index (κ2) is 6.64. The molecule has 0 aliphatic carbocycles. The molecule has 0 spiro atoms. The maximum absolute atomic E-state index is 14.5. The lowest BCUT2D eigenvalue weighted by Crippen LogP contribution is -2.37. The van der Waals surface area contributed by atoms with Crippen molar-refractivity contribution < 1.29 is 13.6 Å². The van der Waals surface area contributed by atoms with Crippen LogP contribution < -0.4 is 15.8 Å². The van der Waals surface area contributed by atoms with Gasteiger partial charge in [-0.1, -0.05) is 0 Å². The Morgan fingerprint density at radius 3 is 3.00 bits per heavy atom. The fraction of sp³-hybridized carbons (Fsp3) is 0.368. The highest BCUT2D eigenvalue weighted by molar-refractivity contribution is 5.99. The van der Waals surface area contributed by atoms with Gasteiger partial charge in [0.05, 0.1) is 25.3 Å². The van der Waals surface area contributed by atoms with Crippen LogP contribution in [0.15, 0.2) is 35.5 Å². The number of alkyl halides is 1. The van der Waals surface area contributed by atoms with Gasteiger partial charge in [0, 0.05) is 24.5 Å². The Hall–Kier alpha value is -3.30. The first kappa shape index (κ1) is 17.8. The van der Waals surface area contributed by atoms with Crippen LogP contribution in [-0.4, -0.2) is 44.3 Å². The molecule has 1 saturated heterocycles. The number of pyridine rings is 1. The quantitative estimate of drug-likeness (QED) is 0.618. The van der Waals surface area contributed by atoms with Crippen molar-refractivity contribution in [1.29, 1.82) is 0 Å². The van der Waals surface area contributed by atoms with Crippen molar-refractivity contribution in [3.63, 3.8) is 0 Å². The van der Waals surface area contributed by atoms with E-state index in [1.807, 2.05) is 4.90 Å². The Balaban J connectivity index is 1.71. The number of nitrogens with one attached hydrogen (secondary N) is 1. The minimum atomic E-state index is -1.56. The van der Waals surface area contributed by atoms with Crippen LogP contribution in [0.2, 0.25) is 0 Å². The van der Waals surface area contributed by atoms with Crippen LogP contribution >= 0.6 is 0 Å². The summed E-state index contributed by atoms with van der Waals surface area (Å²) < 4.78 is 31.3. The number of carbonyl (C=O) groups is 1. The van der Waals surface area contributed by atoms with Crippen LogP contribution in [0.3, 0.4) is 0 Å². The number of aromatic nitrogens is 4. The predicted octanol–water partition coefficient (Wildman–Crippen LogP) is 1.45. The molecule has 5 rings (SSSR count). The fourth-order valence-corrected chi connectivity index (χ4v) is 4.12. The van der Waals surface area contributed by atoms with E-state index in [0.29, 0.717) is 24.4 Å². The Morgan fingerprint density at radius 2 is 2.14 bits per heavy atom. The smallest absolute Gasteiger partial charge is 0.256 e. The monoisotopic (exact) mass is 400 g/mol. The third-order valence-corrected chi connectivity index (χ3v) is 5.46. The van der Waals surface area contributed by atoms with Crippen molar-refractivity contribution in [3.05, 3.63) is 58.0 Å². The maximum Gasteiger partial charge on any atom is 0.256 e. The van der Waals surface area contributed by atoms with Gasteiger partial charge in [-0.05, 0) is 25.0 Å². The highest BCUT2D eigenvalue weighted by Gasteiger charge is 2.31. The van der Waals surface area contributed by atoms with Gasteiger partial charge in [-0.2, -0.15) is 5.10 Å². The van der Waals surface area contributed by atoms with E-state index in [0.717, 1.165) is 17.2 Å². The summed E-state index contributed by atoms with van der Waals surface area (Å²) in [6.45, 7) is -0.0293. The van der Waals surface area contributed by atoms with Crippen LogP contribution in [-0.2, 0) is 6.54 Å². The standard InChI is InChI=1S/C19H18F2N6O2/c20-11-6-13-15-2-1-4-26(15)16-3-5-27-17(24-16)14(8-23-27)18(28)22-7-12(21)10-25(9-11)19(13)29/h3,5-6,8-9,12,15H,1-2,4,7,10H2,(H,22,28)/t12-,15+/m0/s1. The van der Waals surface area contributed by atoms with Crippen molar-refractivity contribution >= 4 is 17.4 Å². The van der Waals surface area contributed by atoms with E-state index >= 15 is 0 Å². The molecule has 1 fully saturated rings. The second-order valence-corrected chi connectivity index (χ2v) is 7.34. The van der Waals surface area contributed by atoms with Crippen LogP contribution in [0.4, 0.5) is 14.6 Å². The lowest BCUT2D eigenvalue weighted by atomic mass is 10.1. The maximum atomic E-state index is 14.5. The lowest BCUT2D eigenvalue weighted by Gasteiger charge is -2.26. The molecule has 29 heavy (non-hydrogen) atoms. The Morgan fingerprint density at radius 1 is 1.28 bits per heavy atom. The number of hydrogen-bond acceptors (Lipinski definition) is 5. The van der Waals surface area contributed by atoms with Crippen molar-refractivity contribution in [3.8, 4) is 0 Å². The molecule has 8 nitrogen and oxygen atoms in total. The first-order valence-corrected chi connectivity index (χ1v) is 9.44. The molecule has 150 valence electrons. The molecular formula is C19H18F2N6O2. The van der Waals surface area contributed by atoms with Gasteiger partial charge >= 0.3 is 0 Å². The molecule has 2 atom stereocenters. The molecule has 1 N–H and O–H groups in total. The topological polar surface area (TPSA) is 84.5 Å². The van der Waals surface area contributed by atoms with E-state index in [-0.39, 0.29) is 30.3 Å². The molecule has 0 saturated carbocycles. The summed E-state index contributed by atoms with van der Waals surface area (Å²) in [5.41, 5.74) is 0.440. The summed E-state index contributed by atoms with van der Waals surface area (Å²) in [5.74, 6) is -0.531. The van der Waals surface area contributed by atoms with Gasteiger partial charge in [0.1, 0.15) is 23.4 Å². The molecule has 3 aromatic rings. The summed E-state index contributed by atoms with van der Waals surface area (Å²) in [7, 11) is 0. The molecule has 0 aromatic carbocycles. The highest BCUT2D eigenvalue weighted by Crippen LogP contribution is 2.34. The number of anilines is 1. The zero-order valence-corrected chi connectivity index (χ0v) is 15.4. The number of halogens is 2. The molecule has 10 heteroatoms. The van der Waals surface area contributed by atoms with E-state index in [4.69, 9.17) is 0 Å². The van der Waals surface area contributed by atoms with Gasteiger partial charge < -0.3 is 14.8 Å². The molecule has 3 aromatic heterocycles. The summed E-state index contributed by atoms with van der Waals surface area (Å²) in [6.07, 6.45) is 3.97. The van der Waals surface area contributed by atoms with E-state index in [2.05, 4.69) is 15.4 Å². The summed E-state index contributed by atoms with van der Waals surface area (Å²) in [5, 5.41) is 6.63. The molecule has 0 radical (unpaired) electrons. The first-order valence-electron chi connectivity index (χ1n) is 9.44. The molecule has 1 amide bonds. The summed E-state index contributed by atoms with van der Waals surface area (Å²) in [6, 6.07) is 2.60. The van der Waals surface area contributed by atoms with Gasteiger partial charge in [0.15, 0.2) is 5.65 Å². The van der Waals surface area contributed by atoms with Crippen molar-refractivity contribution in [1.82, 2.24) is 24.5 Å². The highest BCUT2D eigenvalue weighted by atomic mass is 19.1. The van der Waals surface area contributed by atoms with Crippen molar-refractivity contribution in [2.75, 3.05) is 18.0 Å². The van der Waals surface area contributed by atoms with Gasteiger partial charge in [-0.3, -0.25) is 9.59 Å². The molecule has 2 aliphatic heterocycles. The third-order valence-electron chi connectivity index (χ3n) is 5.46. The number of fused-ring (bicyclic) bond motifs is 6. The van der Waals surface area contributed by atoms with Crippen LogP contribution in [0.5, 0.6) is 0 Å².